The Bertz CT molecular complexity index is 1510. The van der Waals surface area contributed by atoms with E-state index < -0.39 is 16.8 Å². The maximum atomic E-state index is 11.8. The maximum absolute atomic E-state index is 11.8. The number of ether oxygens (including phenoxy) is 1. The predicted octanol–water partition coefficient (Wildman–Crippen LogP) is 6.62. The number of hydrogen-bond donors (Lipinski definition) is 3. The molecule has 1 heterocycles. The number of imidazole rings is 1. The van der Waals surface area contributed by atoms with E-state index in [1.165, 1.54) is 0 Å². The minimum atomic E-state index is -0.954. The number of fused-ring (bicyclic) bond motifs is 2. The maximum Gasteiger partial charge on any atom is 0.407 e. The van der Waals surface area contributed by atoms with Crippen LogP contribution in [0.3, 0.4) is 0 Å². The first-order valence-corrected chi connectivity index (χ1v) is 14.5. The van der Waals surface area contributed by atoms with Crippen molar-refractivity contribution in [2.75, 3.05) is 6.54 Å². The van der Waals surface area contributed by atoms with Gasteiger partial charge in [0.25, 0.3) is 0 Å². The first-order chi connectivity index (χ1) is 19.1. The average molecular weight is 558 g/mol. The molecule has 0 saturated carbocycles. The molecule has 0 bridgehead atoms. The molecule has 0 atom stereocenters. The molecule has 7 nitrogen and oxygen atoms in total. The zero-order valence-corrected chi connectivity index (χ0v) is 25.7. The third-order valence-electron chi connectivity index (χ3n) is 7.65. The second-order valence-corrected chi connectivity index (χ2v) is 13.0. The zero-order chi connectivity index (χ0) is 30.0. The highest BCUT2D eigenvalue weighted by Gasteiger charge is 2.38. The number of aliphatic hydroxyl groups is 1. The lowest BCUT2D eigenvalue weighted by Crippen LogP contribution is -2.52. The Morgan fingerprint density at radius 1 is 0.927 bits per heavy atom. The van der Waals surface area contributed by atoms with E-state index in [0.717, 1.165) is 63.5 Å². The summed E-state index contributed by atoms with van der Waals surface area (Å²) < 4.78 is 11.5. The Morgan fingerprint density at radius 3 is 2.29 bits per heavy atom. The molecule has 0 saturated heterocycles. The minimum absolute atomic E-state index is 0.154. The van der Waals surface area contributed by atoms with Crippen molar-refractivity contribution in [3.8, 4) is 11.1 Å². The van der Waals surface area contributed by atoms with Crippen molar-refractivity contribution in [3.63, 3.8) is 0 Å². The molecule has 0 unspecified atom stereocenters. The minimum Gasteiger partial charge on any atom is -0.444 e. The second kappa shape index (κ2) is 11.9. The standard InChI is InChI=1S/C33H44BN3O4/c1-31(2,3)40-30(38)35-18-10-9-11-29-36-27-17-15-25(21-28(27)37-29)22-12-13-24-20-26(16-14-23(24)19-22)34(8)41-33(6,7)32(4,5)39/h12-17,19-21,39H,9-11,18H2,1-8H3,(H,35,38)(H,36,37). The first-order valence-electron chi connectivity index (χ1n) is 14.5. The van der Waals surface area contributed by atoms with Gasteiger partial charge in [-0.1, -0.05) is 43.2 Å². The molecule has 41 heavy (non-hydrogen) atoms. The molecule has 3 aromatic carbocycles. The molecule has 0 aliphatic carbocycles. The van der Waals surface area contributed by atoms with Gasteiger partial charge >= 0.3 is 13.0 Å². The summed E-state index contributed by atoms with van der Waals surface area (Å²) in [5.74, 6) is 0.949. The summed E-state index contributed by atoms with van der Waals surface area (Å²) in [6, 6.07) is 19.2. The van der Waals surface area contributed by atoms with E-state index in [2.05, 4.69) is 64.9 Å². The van der Waals surface area contributed by atoms with E-state index in [0.29, 0.717) is 6.54 Å². The number of unbranched alkanes of at least 4 members (excludes halogenated alkanes) is 1. The monoisotopic (exact) mass is 557 g/mol. The van der Waals surface area contributed by atoms with E-state index in [1.807, 2.05) is 41.4 Å². The third-order valence-corrected chi connectivity index (χ3v) is 7.65. The topological polar surface area (TPSA) is 96.5 Å². The average Bonchev–Trinajstić information content (AvgIpc) is 3.28. The summed E-state index contributed by atoms with van der Waals surface area (Å²) in [5, 5.41) is 15.6. The number of hydrogen-bond acceptors (Lipinski definition) is 5. The molecule has 8 heteroatoms. The van der Waals surface area contributed by atoms with Crippen molar-refractivity contribution in [2.24, 2.45) is 0 Å². The molecule has 3 N–H and O–H groups in total. The molecule has 4 aromatic rings. The van der Waals surface area contributed by atoms with Gasteiger partial charge in [-0.25, -0.2) is 9.78 Å². The highest BCUT2D eigenvalue weighted by atomic mass is 16.6. The van der Waals surface area contributed by atoms with Gasteiger partial charge in [0, 0.05) is 13.0 Å². The van der Waals surface area contributed by atoms with Gasteiger partial charge in [-0.15, -0.1) is 0 Å². The lowest BCUT2D eigenvalue weighted by atomic mass is 9.62. The van der Waals surface area contributed by atoms with E-state index in [4.69, 9.17) is 14.4 Å². The van der Waals surface area contributed by atoms with E-state index in [1.54, 1.807) is 13.8 Å². The van der Waals surface area contributed by atoms with Crippen molar-refractivity contribution < 1.29 is 19.3 Å². The molecular weight excluding hydrogens is 513 g/mol. The van der Waals surface area contributed by atoms with Crippen LogP contribution >= 0.6 is 0 Å². The number of nitrogens with zero attached hydrogens (tertiary/aromatic N) is 1. The lowest BCUT2D eigenvalue weighted by molar-refractivity contribution is -0.0918. The number of alkyl carbamates (subject to hydrolysis) is 1. The fraction of sp³-hybridized carbons (Fsp3) is 0.455. The highest BCUT2D eigenvalue weighted by molar-refractivity contribution is 6.66. The molecule has 218 valence electrons. The number of nitrogens with one attached hydrogen (secondary N) is 2. The number of carbonyl (C=O) groups is 1. The van der Waals surface area contributed by atoms with Gasteiger partial charge in [-0.3, -0.25) is 0 Å². The van der Waals surface area contributed by atoms with Gasteiger partial charge < -0.3 is 24.8 Å². The number of aromatic amines is 1. The SMILES string of the molecule is CB(OC(C)(C)C(C)(C)O)c1ccc2cc(-c3ccc4nc(CCCCNC(=O)OC(C)(C)C)[nH]c4c3)ccc2c1. The van der Waals surface area contributed by atoms with Gasteiger partial charge in [0.05, 0.1) is 22.2 Å². The van der Waals surface area contributed by atoms with Crippen LogP contribution in [0.15, 0.2) is 54.6 Å². The van der Waals surface area contributed by atoms with Crippen LogP contribution in [-0.2, 0) is 15.8 Å². The van der Waals surface area contributed by atoms with Crippen LogP contribution in [0.25, 0.3) is 32.9 Å². The summed E-state index contributed by atoms with van der Waals surface area (Å²) in [4.78, 5) is 20.0. The van der Waals surface area contributed by atoms with Crippen molar-refractivity contribution >= 4 is 40.3 Å². The van der Waals surface area contributed by atoms with Crippen LogP contribution in [-0.4, -0.2) is 51.4 Å². The van der Waals surface area contributed by atoms with Gasteiger partial charge in [0.15, 0.2) is 0 Å². The van der Waals surface area contributed by atoms with Crippen LogP contribution < -0.4 is 10.8 Å². The van der Waals surface area contributed by atoms with Crippen molar-refractivity contribution in [1.29, 1.82) is 0 Å². The van der Waals surface area contributed by atoms with E-state index in [9.17, 15) is 9.90 Å². The number of H-pyrrole nitrogens is 1. The Labute approximate surface area is 244 Å². The summed E-state index contributed by atoms with van der Waals surface area (Å²) in [6.07, 6.45) is 2.20. The number of aromatic nitrogens is 2. The molecule has 0 spiro atoms. The third kappa shape index (κ3) is 7.89. The van der Waals surface area contributed by atoms with Crippen LogP contribution in [0.1, 0.15) is 67.1 Å². The number of benzene rings is 3. The van der Waals surface area contributed by atoms with Gasteiger partial charge in [0.2, 0.25) is 0 Å². The molecule has 0 aliphatic heterocycles. The zero-order valence-electron chi connectivity index (χ0n) is 25.7. The normalized spacial score (nSPS) is 12.6. The van der Waals surface area contributed by atoms with Crippen LogP contribution in [0.2, 0.25) is 6.82 Å². The van der Waals surface area contributed by atoms with Crippen LogP contribution in [0, 0.1) is 0 Å². The van der Waals surface area contributed by atoms with E-state index >= 15 is 0 Å². The molecule has 0 fully saturated rings. The van der Waals surface area contributed by atoms with Crippen molar-refractivity contribution in [1.82, 2.24) is 15.3 Å². The summed E-state index contributed by atoms with van der Waals surface area (Å²) >= 11 is 0. The summed E-state index contributed by atoms with van der Waals surface area (Å²) in [6.45, 7) is 15.4. The Morgan fingerprint density at radius 2 is 1.59 bits per heavy atom. The molecule has 0 aliphatic rings. The number of carbonyl (C=O) groups excluding carboxylic acids is 1. The van der Waals surface area contributed by atoms with Crippen LogP contribution in [0.5, 0.6) is 0 Å². The Balaban J connectivity index is 1.39. The smallest absolute Gasteiger partial charge is 0.407 e. The Hall–Kier alpha value is -3.36. The molecular formula is C33H44BN3O4. The lowest BCUT2D eigenvalue weighted by Gasteiger charge is -2.39. The van der Waals surface area contributed by atoms with Crippen molar-refractivity contribution in [2.45, 2.75) is 91.4 Å². The quantitative estimate of drug-likeness (QED) is 0.150. The van der Waals surface area contributed by atoms with E-state index in [-0.39, 0.29) is 13.0 Å². The van der Waals surface area contributed by atoms with Crippen LogP contribution in [0.4, 0.5) is 4.79 Å². The molecule has 0 radical (unpaired) electrons. The number of rotatable bonds is 10. The summed E-state index contributed by atoms with van der Waals surface area (Å²) in [5.41, 5.74) is 3.18. The predicted molar refractivity (Wildman–Crippen MR) is 169 cm³/mol. The second-order valence-electron chi connectivity index (χ2n) is 13.0. The largest absolute Gasteiger partial charge is 0.444 e. The molecule has 4 rings (SSSR count). The van der Waals surface area contributed by atoms with Gasteiger partial charge in [-0.05, 0) is 107 Å². The first kappa shape index (κ1) is 30.6. The fourth-order valence-electron chi connectivity index (χ4n) is 4.63. The number of aryl methyl sites for hydroxylation is 1. The fourth-order valence-corrected chi connectivity index (χ4v) is 4.63. The summed E-state index contributed by atoms with van der Waals surface area (Å²) in [7, 11) is 0. The molecule has 1 aromatic heterocycles. The number of amides is 1. The van der Waals surface area contributed by atoms with Crippen molar-refractivity contribution in [3.05, 3.63) is 60.4 Å². The molecule has 1 amide bonds. The highest BCUT2D eigenvalue weighted by Crippen LogP contribution is 2.28. The van der Waals surface area contributed by atoms with Gasteiger partial charge in [0.1, 0.15) is 11.4 Å². The Kier molecular flexibility index (Phi) is 8.85. The van der Waals surface area contributed by atoms with Gasteiger partial charge in [-0.2, -0.15) is 0 Å².